The van der Waals surface area contributed by atoms with E-state index in [0.717, 1.165) is 12.8 Å². The van der Waals surface area contributed by atoms with E-state index in [0.29, 0.717) is 11.8 Å². The Balaban J connectivity index is 4.24. The van der Waals surface area contributed by atoms with Gasteiger partial charge in [0.15, 0.2) is 0 Å². The van der Waals surface area contributed by atoms with Gasteiger partial charge in [0.1, 0.15) is 0 Å². The summed E-state index contributed by atoms with van der Waals surface area (Å²) in [6.07, 6.45) is 1.86. The van der Waals surface area contributed by atoms with Crippen LogP contribution in [0.5, 0.6) is 0 Å². The number of hydrogen-bond donors (Lipinski definition) is 1. The molecule has 0 rings (SSSR count). The fourth-order valence-electron chi connectivity index (χ4n) is 2.11. The van der Waals surface area contributed by atoms with Gasteiger partial charge < -0.3 is 5.11 Å². The molecule has 0 aromatic rings. The van der Waals surface area contributed by atoms with Gasteiger partial charge in [-0.05, 0) is 23.7 Å². The van der Waals surface area contributed by atoms with E-state index in [4.69, 9.17) is 0 Å². The van der Waals surface area contributed by atoms with Gasteiger partial charge in [-0.15, -0.1) is 0 Å². The van der Waals surface area contributed by atoms with Gasteiger partial charge in [0, 0.05) is 0 Å². The predicted molar refractivity (Wildman–Crippen MR) is 58.7 cm³/mol. The highest BCUT2D eigenvalue weighted by molar-refractivity contribution is 4.79. The van der Waals surface area contributed by atoms with E-state index in [9.17, 15) is 5.11 Å². The zero-order chi connectivity index (χ0) is 10.6. The molecule has 1 nitrogen and oxygen atoms in total. The second-order valence-corrected chi connectivity index (χ2v) is 5.58. The molecule has 1 heteroatoms. The second kappa shape index (κ2) is 4.99. The normalized spacial score (nSPS) is 17.5. The van der Waals surface area contributed by atoms with Gasteiger partial charge in [0.2, 0.25) is 0 Å². The summed E-state index contributed by atoms with van der Waals surface area (Å²) in [5.74, 6) is 1.02. The summed E-state index contributed by atoms with van der Waals surface area (Å²) < 4.78 is 0. The first kappa shape index (κ1) is 13.0. The average Bonchev–Trinajstić information content (AvgIpc) is 1.82. The van der Waals surface area contributed by atoms with E-state index in [1.165, 1.54) is 0 Å². The molecule has 0 saturated carbocycles. The maximum atomic E-state index is 10.0. The summed E-state index contributed by atoms with van der Waals surface area (Å²) in [4.78, 5) is 0. The van der Waals surface area contributed by atoms with Crippen LogP contribution in [0.2, 0.25) is 0 Å². The molecular formula is C12H26O. The quantitative estimate of drug-likeness (QED) is 0.713. The highest BCUT2D eigenvalue weighted by Crippen LogP contribution is 2.33. The van der Waals surface area contributed by atoms with Crippen molar-refractivity contribution in [2.24, 2.45) is 17.3 Å². The van der Waals surface area contributed by atoms with Crippen molar-refractivity contribution in [2.75, 3.05) is 0 Å². The average molecular weight is 186 g/mol. The Hall–Kier alpha value is -0.0400. The molecule has 1 N–H and O–H groups in total. The van der Waals surface area contributed by atoms with E-state index in [2.05, 4.69) is 41.5 Å². The van der Waals surface area contributed by atoms with E-state index in [1.807, 2.05) is 0 Å². The zero-order valence-electron chi connectivity index (χ0n) is 10.1. The first-order valence-corrected chi connectivity index (χ1v) is 5.47. The van der Waals surface area contributed by atoms with Crippen LogP contribution in [0.4, 0.5) is 0 Å². The molecule has 2 atom stereocenters. The molecule has 0 aromatic carbocycles. The van der Waals surface area contributed by atoms with Gasteiger partial charge >= 0.3 is 0 Å². The maximum absolute atomic E-state index is 10.0. The maximum Gasteiger partial charge on any atom is 0.0575 e. The highest BCUT2D eigenvalue weighted by atomic mass is 16.3. The van der Waals surface area contributed by atoms with Crippen molar-refractivity contribution in [3.05, 3.63) is 0 Å². The molecule has 0 amide bonds. The minimum Gasteiger partial charge on any atom is -0.393 e. The molecule has 0 bridgehead atoms. The van der Waals surface area contributed by atoms with Crippen LogP contribution in [0.1, 0.15) is 54.4 Å². The minimum atomic E-state index is -0.134. The first-order chi connectivity index (χ1) is 5.79. The van der Waals surface area contributed by atoms with Crippen LogP contribution in [0, 0.1) is 17.3 Å². The van der Waals surface area contributed by atoms with Gasteiger partial charge in [0.05, 0.1) is 6.10 Å². The van der Waals surface area contributed by atoms with Crippen molar-refractivity contribution in [2.45, 2.75) is 60.5 Å². The molecule has 0 spiro atoms. The Morgan fingerprint density at radius 1 is 1.15 bits per heavy atom. The molecule has 0 aliphatic carbocycles. The Bertz CT molecular complexity index is 133. The molecule has 0 aromatic heterocycles. The van der Waals surface area contributed by atoms with Crippen molar-refractivity contribution in [1.82, 2.24) is 0 Å². The lowest BCUT2D eigenvalue weighted by molar-refractivity contribution is 0.0260. The molecule has 0 aliphatic rings. The van der Waals surface area contributed by atoms with Gasteiger partial charge in [-0.1, -0.05) is 48.0 Å². The van der Waals surface area contributed by atoms with Crippen molar-refractivity contribution in [1.29, 1.82) is 0 Å². The largest absolute Gasteiger partial charge is 0.393 e. The zero-order valence-corrected chi connectivity index (χ0v) is 10.1. The van der Waals surface area contributed by atoms with Crippen LogP contribution >= 0.6 is 0 Å². The van der Waals surface area contributed by atoms with Crippen molar-refractivity contribution < 1.29 is 5.11 Å². The highest BCUT2D eigenvalue weighted by Gasteiger charge is 2.29. The van der Waals surface area contributed by atoms with Crippen LogP contribution in [-0.2, 0) is 0 Å². The van der Waals surface area contributed by atoms with E-state index in [-0.39, 0.29) is 11.5 Å². The standard InChI is InChI=1S/C12H26O/c1-7-10(12(4,5)6)11(13)8-9(2)3/h9-11,13H,7-8H2,1-6H3. The Kier molecular flexibility index (Phi) is 4.98. The minimum absolute atomic E-state index is 0.134. The topological polar surface area (TPSA) is 20.2 Å². The SMILES string of the molecule is CCC(C(O)CC(C)C)C(C)(C)C. The van der Waals surface area contributed by atoms with Crippen molar-refractivity contribution in [3.63, 3.8) is 0 Å². The fourth-order valence-corrected chi connectivity index (χ4v) is 2.11. The van der Waals surface area contributed by atoms with E-state index < -0.39 is 0 Å². The molecule has 13 heavy (non-hydrogen) atoms. The van der Waals surface area contributed by atoms with Crippen LogP contribution in [0.25, 0.3) is 0 Å². The summed E-state index contributed by atoms with van der Waals surface area (Å²) in [5, 5.41) is 10.0. The lowest BCUT2D eigenvalue weighted by Gasteiger charge is -2.34. The third-order valence-corrected chi connectivity index (χ3v) is 2.73. The van der Waals surface area contributed by atoms with Gasteiger partial charge in [-0.2, -0.15) is 0 Å². The Labute approximate surface area is 83.5 Å². The number of aliphatic hydroxyl groups is 1. The van der Waals surface area contributed by atoms with Gasteiger partial charge in [-0.3, -0.25) is 0 Å². The summed E-state index contributed by atoms with van der Waals surface area (Å²) in [7, 11) is 0. The molecule has 0 saturated heterocycles. The van der Waals surface area contributed by atoms with Gasteiger partial charge in [0.25, 0.3) is 0 Å². The number of rotatable bonds is 4. The molecule has 0 aliphatic heterocycles. The van der Waals surface area contributed by atoms with Crippen molar-refractivity contribution >= 4 is 0 Å². The molecular weight excluding hydrogens is 160 g/mol. The van der Waals surface area contributed by atoms with Crippen molar-refractivity contribution in [3.8, 4) is 0 Å². The van der Waals surface area contributed by atoms with Crippen LogP contribution in [0.3, 0.4) is 0 Å². The van der Waals surface area contributed by atoms with Crippen LogP contribution < -0.4 is 0 Å². The fraction of sp³-hybridized carbons (Fsp3) is 1.00. The third kappa shape index (κ3) is 4.66. The number of hydrogen-bond acceptors (Lipinski definition) is 1. The predicted octanol–water partition coefficient (Wildman–Crippen LogP) is 3.47. The van der Waals surface area contributed by atoms with E-state index >= 15 is 0 Å². The molecule has 0 fully saturated rings. The lowest BCUT2D eigenvalue weighted by atomic mass is 9.74. The first-order valence-electron chi connectivity index (χ1n) is 5.47. The Morgan fingerprint density at radius 2 is 1.62 bits per heavy atom. The van der Waals surface area contributed by atoms with Crippen LogP contribution in [-0.4, -0.2) is 11.2 Å². The number of aliphatic hydroxyl groups excluding tert-OH is 1. The van der Waals surface area contributed by atoms with Crippen LogP contribution in [0.15, 0.2) is 0 Å². The molecule has 0 heterocycles. The Morgan fingerprint density at radius 3 is 1.85 bits per heavy atom. The molecule has 80 valence electrons. The van der Waals surface area contributed by atoms with Gasteiger partial charge in [-0.25, -0.2) is 0 Å². The summed E-state index contributed by atoms with van der Waals surface area (Å²) in [6.45, 7) is 13.1. The molecule has 2 unspecified atom stereocenters. The summed E-state index contributed by atoms with van der Waals surface area (Å²) in [5.41, 5.74) is 0.225. The van der Waals surface area contributed by atoms with E-state index in [1.54, 1.807) is 0 Å². The third-order valence-electron chi connectivity index (χ3n) is 2.73. The molecule has 0 radical (unpaired) electrons. The second-order valence-electron chi connectivity index (χ2n) is 5.58. The summed E-state index contributed by atoms with van der Waals surface area (Å²) in [6, 6.07) is 0. The monoisotopic (exact) mass is 186 g/mol. The smallest absolute Gasteiger partial charge is 0.0575 e. The summed E-state index contributed by atoms with van der Waals surface area (Å²) >= 11 is 0. The lowest BCUT2D eigenvalue weighted by Crippen LogP contribution is -2.32.